The molecule has 282 valence electrons. The Morgan fingerprint density at radius 2 is 1.62 bits per heavy atom. The van der Waals surface area contributed by atoms with Crippen molar-refractivity contribution in [2.75, 3.05) is 26.7 Å². The van der Waals surface area contributed by atoms with Crippen LogP contribution in [0.4, 0.5) is 0 Å². The molecule has 53 heavy (non-hydrogen) atoms. The van der Waals surface area contributed by atoms with E-state index in [1.807, 2.05) is 41.3 Å². The van der Waals surface area contributed by atoms with Crippen LogP contribution < -0.4 is 21.3 Å². The quantitative estimate of drug-likeness (QED) is 0.209. The lowest BCUT2D eigenvalue weighted by Gasteiger charge is -2.29. The highest BCUT2D eigenvalue weighted by Crippen LogP contribution is 2.25. The minimum atomic E-state index is -0.989. The van der Waals surface area contributed by atoms with E-state index >= 15 is 0 Å². The van der Waals surface area contributed by atoms with Gasteiger partial charge >= 0.3 is 0 Å². The van der Waals surface area contributed by atoms with Gasteiger partial charge in [-0.1, -0.05) is 55.8 Å². The number of benzene rings is 2. The molecule has 3 heterocycles. The number of likely N-dealkylation sites (N-methyl/N-ethyl adjacent to an activating group) is 1. The topological polar surface area (TPSA) is 169 Å². The van der Waals surface area contributed by atoms with Crippen LogP contribution in [0.1, 0.15) is 71.6 Å². The number of aryl methyl sites for hydroxylation is 2. The van der Waals surface area contributed by atoms with Gasteiger partial charge < -0.3 is 31.2 Å². The number of carbonyl (C=O) groups is 5. The number of hydrogen-bond donors (Lipinski definition) is 5. The minimum Gasteiger partial charge on any atom is -0.357 e. The fraction of sp³-hybridized carbons (Fsp3) is 0.436. The zero-order valence-electron chi connectivity index (χ0n) is 31.4. The first-order chi connectivity index (χ1) is 25.2. The van der Waals surface area contributed by atoms with Gasteiger partial charge in [0, 0.05) is 48.7 Å². The third-order valence-electron chi connectivity index (χ3n) is 9.58. The number of rotatable bonds is 5. The molecule has 0 saturated carbocycles. The third-order valence-corrected chi connectivity index (χ3v) is 10.5. The molecule has 4 aromatic rings. The Hall–Kier alpha value is -5.08. The first-order valence-electron chi connectivity index (χ1n) is 18.0. The fourth-order valence-corrected chi connectivity index (χ4v) is 7.23. The number of carbonyl (C=O) groups excluding carboxylic acids is 5. The maximum absolute atomic E-state index is 13.9. The summed E-state index contributed by atoms with van der Waals surface area (Å²) >= 11 is 1.25. The van der Waals surface area contributed by atoms with Crippen LogP contribution in [0.25, 0.3) is 10.9 Å². The van der Waals surface area contributed by atoms with Crippen molar-refractivity contribution in [1.82, 2.24) is 41.0 Å². The van der Waals surface area contributed by atoms with E-state index in [1.165, 1.54) is 23.2 Å². The average Bonchev–Trinajstić information content (AvgIpc) is 3.73. The number of nitrogens with one attached hydrogen (secondary N) is 5. The van der Waals surface area contributed by atoms with E-state index < -0.39 is 41.9 Å². The molecular formula is C39H50N8O5S. The lowest BCUT2D eigenvalue weighted by molar-refractivity contribution is -0.136. The summed E-state index contributed by atoms with van der Waals surface area (Å²) in [5.74, 6) is -2.50. The molecule has 2 aromatic heterocycles. The van der Waals surface area contributed by atoms with E-state index in [0.29, 0.717) is 24.5 Å². The summed E-state index contributed by atoms with van der Waals surface area (Å²) in [6.45, 7) is 11.9. The normalized spacial score (nSPS) is 21.9. The van der Waals surface area contributed by atoms with Crippen molar-refractivity contribution in [3.63, 3.8) is 0 Å². The number of H-pyrrole nitrogens is 1. The zero-order chi connectivity index (χ0) is 38.4. The Balaban J connectivity index is 1.47. The highest BCUT2D eigenvalue weighted by Gasteiger charge is 2.31. The summed E-state index contributed by atoms with van der Waals surface area (Å²) in [6.07, 6.45) is 0.438. The van der Waals surface area contributed by atoms with Gasteiger partial charge in [0.2, 0.25) is 23.6 Å². The SMILES string of the molecule is Cc1ccc2[nH]c(CN3CCN(C)C(=O)[C@@H](C)NC(=O)[C@H](C(C)C)NC(=O)[C@H](C)NC(=O)c4csc(n4)[C@H](Cc4ccccc4)NC(=O)C3)c(C)c2c1. The molecule has 5 amide bonds. The van der Waals surface area contributed by atoms with Crippen LogP contribution in [0.2, 0.25) is 0 Å². The number of nitrogens with zero attached hydrogens (tertiary/aromatic N) is 3. The second-order valence-electron chi connectivity index (χ2n) is 14.3. The maximum atomic E-state index is 13.9. The molecule has 14 heteroatoms. The molecule has 0 aliphatic carbocycles. The van der Waals surface area contributed by atoms with E-state index in [4.69, 9.17) is 0 Å². The van der Waals surface area contributed by atoms with E-state index in [1.54, 1.807) is 33.2 Å². The molecular weight excluding hydrogens is 693 g/mol. The van der Waals surface area contributed by atoms with Gasteiger partial charge in [-0.15, -0.1) is 11.3 Å². The van der Waals surface area contributed by atoms with Crippen molar-refractivity contribution in [3.8, 4) is 0 Å². The largest absolute Gasteiger partial charge is 0.357 e. The average molecular weight is 743 g/mol. The summed E-state index contributed by atoms with van der Waals surface area (Å²) in [5, 5.41) is 14.6. The van der Waals surface area contributed by atoms with Gasteiger partial charge in [0.05, 0.1) is 12.6 Å². The molecule has 5 rings (SSSR count). The van der Waals surface area contributed by atoms with Crippen LogP contribution in [0, 0.1) is 19.8 Å². The second kappa shape index (κ2) is 17.2. The van der Waals surface area contributed by atoms with Crippen LogP contribution >= 0.6 is 11.3 Å². The summed E-state index contributed by atoms with van der Waals surface area (Å²) in [6, 6.07) is 12.6. The summed E-state index contributed by atoms with van der Waals surface area (Å²) in [5.41, 5.74) is 5.30. The molecule has 2 aromatic carbocycles. The summed E-state index contributed by atoms with van der Waals surface area (Å²) in [7, 11) is 1.66. The molecule has 0 saturated heterocycles. The number of thiazole rings is 1. The molecule has 1 aliphatic rings. The lowest BCUT2D eigenvalue weighted by Crippen LogP contribution is -2.57. The van der Waals surface area contributed by atoms with Gasteiger partial charge in [-0.3, -0.25) is 28.9 Å². The smallest absolute Gasteiger partial charge is 0.271 e. The van der Waals surface area contributed by atoms with Crippen LogP contribution in [-0.2, 0) is 32.1 Å². The second-order valence-corrected chi connectivity index (χ2v) is 15.2. The predicted molar refractivity (Wildman–Crippen MR) is 205 cm³/mol. The Morgan fingerprint density at radius 1 is 0.887 bits per heavy atom. The molecule has 0 radical (unpaired) electrons. The van der Waals surface area contributed by atoms with Crippen molar-refractivity contribution in [3.05, 3.63) is 87.0 Å². The number of hydrogen-bond acceptors (Lipinski definition) is 8. The molecule has 13 nitrogen and oxygen atoms in total. The number of aromatic nitrogens is 2. The standard InChI is InChI=1S/C39H50N8O5S/c1-22(2)34-37(51)41-26(6)39(52)46(7)15-16-47(19-31-24(4)28-17-23(3)13-14-29(28)42-31)20-33(48)43-30(18-27-11-9-8-10-12-27)38-44-32(21-53-38)36(50)40-25(5)35(49)45-34/h8-14,17,21-22,25-26,30,34,42H,15-16,18-20H2,1-7H3,(H,40,50)(H,41,51)(H,43,48)(H,45,49)/t25-,26+,30-,34-/m0/s1. The van der Waals surface area contributed by atoms with E-state index in [0.717, 1.165) is 33.3 Å². The van der Waals surface area contributed by atoms with Crippen molar-refractivity contribution in [2.45, 2.75) is 78.7 Å². The van der Waals surface area contributed by atoms with E-state index in [-0.39, 0.29) is 36.5 Å². The number of amides is 5. The Kier molecular flexibility index (Phi) is 12.7. The van der Waals surface area contributed by atoms with Crippen molar-refractivity contribution in [2.24, 2.45) is 5.92 Å². The van der Waals surface area contributed by atoms with Crippen molar-refractivity contribution < 1.29 is 24.0 Å². The number of fused-ring (bicyclic) bond motifs is 3. The fourth-order valence-electron chi connectivity index (χ4n) is 6.38. The molecule has 5 N–H and O–H groups in total. The van der Waals surface area contributed by atoms with E-state index in [2.05, 4.69) is 57.2 Å². The lowest BCUT2D eigenvalue weighted by atomic mass is 10.0. The van der Waals surface area contributed by atoms with Crippen LogP contribution in [0.15, 0.2) is 53.9 Å². The van der Waals surface area contributed by atoms with Crippen LogP contribution in [0.5, 0.6) is 0 Å². The van der Waals surface area contributed by atoms with Crippen molar-refractivity contribution in [1.29, 1.82) is 0 Å². The summed E-state index contributed by atoms with van der Waals surface area (Å²) in [4.78, 5) is 78.9. The molecule has 0 fully saturated rings. The highest BCUT2D eigenvalue weighted by molar-refractivity contribution is 7.09. The number of aromatic amines is 1. The van der Waals surface area contributed by atoms with E-state index in [9.17, 15) is 24.0 Å². The highest BCUT2D eigenvalue weighted by atomic mass is 32.1. The van der Waals surface area contributed by atoms with Crippen LogP contribution in [-0.4, -0.2) is 94.1 Å². The zero-order valence-corrected chi connectivity index (χ0v) is 32.2. The molecule has 4 atom stereocenters. The van der Waals surface area contributed by atoms with Gasteiger partial charge in [0.15, 0.2) is 0 Å². The van der Waals surface area contributed by atoms with Gasteiger partial charge in [-0.2, -0.15) is 0 Å². The van der Waals surface area contributed by atoms with Gasteiger partial charge in [0.25, 0.3) is 5.91 Å². The van der Waals surface area contributed by atoms with Crippen LogP contribution in [0.3, 0.4) is 0 Å². The van der Waals surface area contributed by atoms with Crippen molar-refractivity contribution >= 4 is 51.8 Å². The Labute approximate surface area is 314 Å². The molecule has 0 spiro atoms. The first kappa shape index (κ1) is 39.1. The van der Waals surface area contributed by atoms with Gasteiger partial charge in [0.1, 0.15) is 28.8 Å². The maximum Gasteiger partial charge on any atom is 0.271 e. The van der Waals surface area contributed by atoms with Gasteiger partial charge in [-0.05, 0) is 63.3 Å². The monoisotopic (exact) mass is 742 g/mol. The predicted octanol–water partition coefficient (Wildman–Crippen LogP) is 3.38. The molecule has 2 bridgehead atoms. The third kappa shape index (κ3) is 9.87. The Bertz CT molecular complexity index is 1960. The molecule has 0 unspecified atom stereocenters. The first-order valence-corrected chi connectivity index (χ1v) is 18.8. The Morgan fingerprint density at radius 3 is 2.34 bits per heavy atom. The summed E-state index contributed by atoms with van der Waals surface area (Å²) < 4.78 is 0. The van der Waals surface area contributed by atoms with Gasteiger partial charge in [-0.25, -0.2) is 4.98 Å². The molecule has 1 aliphatic heterocycles. The minimum absolute atomic E-state index is 0.0214.